The van der Waals surface area contributed by atoms with E-state index in [1.54, 1.807) is 37.3 Å². The van der Waals surface area contributed by atoms with Gasteiger partial charge in [-0.05, 0) is 68.1 Å². The minimum Gasteiger partial charge on any atom is -0.462 e. The molecule has 9 heteroatoms. The van der Waals surface area contributed by atoms with Gasteiger partial charge in [0.1, 0.15) is 6.54 Å². The van der Waals surface area contributed by atoms with E-state index in [0.29, 0.717) is 39.5 Å². The van der Waals surface area contributed by atoms with Crippen LogP contribution in [0.4, 0.5) is 17.1 Å². The highest BCUT2D eigenvalue weighted by molar-refractivity contribution is 6.37. The van der Waals surface area contributed by atoms with Crippen molar-refractivity contribution >= 4 is 52.0 Å². The molecular weight excluding hydrogens is 532 g/mol. The Hall–Kier alpha value is -4.92. The molecule has 3 aromatic carbocycles. The quantitative estimate of drug-likeness (QED) is 0.288. The minimum atomic E-state index is -0.453. The average molecular weight is 567 g/mol. The van der Waals surface area contributed by atoms with Crippen molar-refractivity contribution in [1.82, 2.24) is 4.90 Å². The molecule has 0 bridgehead atoms. The Morgan fingerprint density at radius 1 is 0.929 bits per heavy atom. The largest absolute Gasteiger partial charge is 0.462 e. The van der Waals surface area contributed by atoms with Crippen molar-refractivity contribution in [1.29, 1.82) is 0 Å². The average Bonchev–Trinajstić information content (AvgIpc) is 3.34. The van der Waals surface area contributed by atoms with Gasteiger partial charge in [-0.25, -0.2) is 4.79 Å². The van der Waals surface area contributed by atoms with E-state index in [9.17, 15) is 19.2 Å². The van der Waals surface area contributed by atoms with Crippen LogP contribution in [0.3, 0.4) is 0 Å². The van der Waals surface area contributed by atoms with E-state index < -0.39 is 5.97 Å². The fraction of sp³-hybridized carbons (Fsp3) is 0.273. The Balaban J connectivity index is 1.44. The lowest BCUT2D eigenvalue weighted by Gasteiger charge is -2.29. The van der Waals surface area contributed by atoms with Gasteiger partial charge in [-0.3, -0.25) is 14.4 Å². The minimum absolute atomic E-state index is 0.00777. The van der Waals surface area contributed by atoms with Gasteiger partial charge in [-0.15, -0.1) is 0 Å². The number of rotatable bonds is 8. The smallest absolute Gasteiger partial charge is 0.338 e. The zero-order chi connectivity index (χ0) is 29.6. The lowest BCUT2D eigenvalue weighted by atomic mass is 9.99. The van der Waals surface area contributed by atoms with E-state index in [4.69, 9.17) is 4.74 Å². The molecule has 0 radical (unpaired) electrons. The molecule has 3 amide bonds. The molecule has 0 aromatic heterocycles. The SMILES string of the molecule is CCOC(=O)c1ccc2c(c1)NC(=O)/C2=C(/Nc1ccc(N(CC(=O)N2CCCCC2)C(C)=O)cc1)c1ccccc1. The van der Waals surface area contributed by atoms with E-state index in [1.807, 2.05) is 47.4 Å². The lowest BCUT2D eigenvalue weighted by molar-refractivity contribution is -0.132. The number of fused-ring (bicyclic) bond motifs is 1. The molecule has 9 nitrogen and oxygen atoms in total. The maximum Gasteiger partial charge on any atom is 0.338 e. The Morgan fingerprint density at radius 2 is 1.64 bits per heavy atom. The first kappa shape index (κ1) is 28.6. The zero-order valence-corrected chi connectivity index (χ0v) is 23.8. The van der Waals surface area contributed by atoms with Crippen LogP contribution in [-0.4, -0.2) is 54.8 Å². The van der Waals surface area contributed by atoms with Gasteiger partial charge in [0.25, 0.3) is 5.91 Å². The van der Waals surface area contributed by atoms with Gasteiger partial charge in [-0.1, -0.05) is 36.4 Å². The predicted molar refractivity (Wildman–Crippen MR) is 163 cm³/mol. The van der Waals surface area contributed by atoms with Gasteiger partial charge in [0.05, 0.1) is 29.1 Å². The second kappa shape index (κ2) is 12.7. The number of likely N-dealkylation sites (tertiary alicyclic amines) is 1. The van der Waals surface area contributed by atoms with Crippen molar-refractivity contribution in [2.24, 2.45) is 0 Å². The second-order valence-electron chi connectivity index (χ2n) is 10.3. The molecule has 0 atom stereocenters. The van der Waals surface area contributed by atoms with Crippen molar-refractivity contribution in [3.05, 3.63) is 89.5 Å². The monoisotopic (exact) mass is 566 g/mol. The Bertz CT molecular complexity index is 1530. The van der Waals surface area contributed by atoms with E-state index in [1.165, 1.54) is 11.8 Å². The number of hydrogen-bond donors (Lipinski definition) is 2. The summed E-state index contributed by atoms with van der Waals surface area (Å²) in [7, 11) is 0. The topological polar surface area (TPSA) is 108 Å². The van der Waals surface area contributed by atoms with Crippen molar-refractivity contribution in [2.45, 2.75) is 33.1 Å². The summed E-state index contributed by atoms with van der Waals surface area (Å²) in [5.74, 6) is -1.02. The molecule has 1 fully saturated rings. The fourth-order valence-corrected chi connectivity index (χ4v) is 5.28. The summed E-state index contributed by atoms with van der Waals surface area (Å²) in [5, 5.41) is 6.28. The maximum atomic E-state index is 13.3. The van der Waals surface area contributed by atoms with E-state index in [2.05, 4.69) is 10.6 Å². The maximum absolute atomic E-state index is 13.3. The van der Waals surface area contributed by atoms with Crippen LogP contribution in [0.25, 0.3) is 11.3 Å². The molecule has 0 unspecified atom stereocenters. The summed E-state index contributed by atoms with van der Waals surface area (Å²) in [6.07, 6.45) is 3.10. The number of nitrogens with zero attached hydrogens (tertiary/aromatic N) is 2. The van der Waals surface area contributed by atoms with Crippen molar-refractivity contribution < 1.29 is 23.9 Å². The summed E-state index contributed by atoms with van der Waals surface area (Å²) < 4.78 is 5.11. The third-order valence-electron chi connectivity index (χ3n) is 7.42. The predicted octanol–water partition coefficient (Wildman–Crippen LogP) is 5.16. The highest BCUT2D eigenvalue weighted by Crippen LogP contribution is 2.38. The van der Waals surface area contributed by atoms with Crippen LogP contribution in [-0.2, 0) is 19.1 Å². The Kier molecular flexibility index (Phi) is 8.66. The molecule has 216 valence electrons. The highest BCUT2D eigenvalue weighted by Gasteiger charge is 2.29. The number of amides is 3. The van der Waals surface area contributed by atoms with E-state index in [0.717, 1.165) is 37.9 Å². The van der Waals surface area contributed by atoms with E-state index >= 15 is 0 Å². The molecule has 0 saturated carbocycles. The number of carbonyl (C=O) groups is 4. The Morgan fingerprint density at radius 3 is 2.31 bits per heavy atom. The molecule has 1 saturated heterocycles. The number of esters is 1. The first-order chi connectivity index (χ1) is 20.4. The number of anilines is 3. The Labute approximate surface area is 245 Å². The van der Waals surface area contributed by atoms with Gasteiger partial charge in [0, 0.05) is 37.0 Å². The number of carbonyl (C=O) groups excluding carboxylic acids is 4. The standard InChI is InChI=1S/C33H34N4O5/c1-3-42-33(41)24-12-17-27-28(20-24)35-32(40)30(27)31(23-10-6-4-7-11-23)34-25-13-15-26(16-14-25)37(22(2)38)21-29(39)36-18-8-5-9-19-36/h4,6-7,10-17,20,34H,3,5,8-9,18-19,21H2,1-2H3,(H,35,40)/b31-30+. The van der Waals surface area contributed by atoms with Gasteiger partial charge < -0.3 is 25.2 Å². The van der Waals surface area contributed by atoms with Gasteiger partial charge in [0.15, 0.2) is 0 Å². The third-order valence-corrected chi connectivity index (χ3v) is 7.42. The van der Waals surface area contributed by atoms with Crippen LogP contribution >= 0.6 is 0 Å². The normalized spacial score (nSPS) is 15.4. The number of hydrogen-bond acceptors (Lipinski definition) is 6. The van der Waals surface area contributed by atoms with Crippen LogP contribution in [0.5, 0.6) is 0 Å². The number of nitrogens with one attached hydrogen (secondary N) is 2. The molecule has 2 aliphatic rings. The first-order valence-electron chi connectivity index (χ1n) is 14.2. The van der Waals surface area contributed by atoms with Crippen LogP contribution in [0.1, 0.15) is 54.6 Å². The van der Waals surface area contributed by atoms with Gasteiger partial charge in [0.2, 0.25) is 11.8 Å². The number of benzene rings is 3. The van der Waals surface area contributed by atoms with Crippen LogP contribution in [0, 0.1) is 0 Å². The molecule has 2 heterocycles. The summed E-state index contributed by atoms with van der Waals surface area (Å²) >= 11 is 0. The molecule has 0 spiro atoms. The summed E-state index contributed by atoms with van der Waals surface area (Å²) in [6.45, 7) is 4.90. The summed E-state index contributed by atoms with van der Waals surface area (Å²) in [6, 6.07) is 21.7. The van der Waals surface area contributed by atoms with E-state index in [-0.39, 0.29) is 30.9 Å². The summed E-state index contributed by atoms with van der Waals surface area (Å²) in [4.78, 5) is 54.2. The third kappa shape index (κ3) is 6.20. The molecule has 5 rings (SSSR count). The van der Waals surface area contributed by atoms with Crippen molar-refractivity contribution in [3.63, 3.8) is 0 Å². The molecule has 0 aliphatic carbocycles. The van der Waals surface area contributed by atoms with Crippen molar-refractivity contribution in [2.75, 3.05) is 41.8 Å². The van der Waals surface area contributed by atoms with Crippen LogP contribution < -0.4 is 15.5 Å². The number of piperidine rings is 1. The van der Waals surface area contributed by atoms with Gasteiger partial charge in [-0.2, -0.15) is 0 Å². The molecular formula is C33H34N4O5. The van der Waals surface area contributed by atoms with Crippen LogP contribution in [0.2, 0.25) is 0 Å². The molecule has 42 heavy (non-hydrogen) atoms. The van der Waals surface area contributed by atoms with Crippen molar-refractivity contribution in [3.8, 4) is 0 Å². The fourth-order valence-electron chi connectivity index (χ4n) is 5.28. The molecule has 3 aromatic rings. The second-order valence-corrected chi connectivity index (χ2v) is 10.3. The molecule has 2 N–H and O–H groups in total. The summed E-state index contributed by atoms with van der Waals surface area (Å²) in [5.41, 5.74) is 4.68. The highest BCUT2D eigenvalue weighted by atomic mass is 16.5. The zero-order valence-electron chi connectivity index (χ0n) is 23.8. The first-order valence-corrected chi connectivity index (χ1v) is 14.2. The van der Waals surface area contributed by atoms with Crippen LogP contribution in [0.15, 0.2) is 72.8 Å². The molecule has 2 aliphatic heterocycles. The van der Waals surface area contributed by atoms with Gasteiger partial charge >= 0.3 is 5.97 Å². The lowest BCUT2D eigenvalue weighted by Crippen LogP contribution is -2.44. The number of ether oxygens (including phenoxy) is 1.